The maximum atomic E-state index is 13.0. The van der Waals surface area contributed by atoms with E-state index in [2.05, 4.69) is 0 Å². The number of methoxy groups -OCH3 is 1. The summed E-state index contributed by atoms with van der Waals surface area (Å²) in [5.41, 5.74) is 5.61. The molecule has 5 aromatic carbocycles. The molecule has 0 aromatic heterocycles. The number of ether oxygens (including phenoxy) is 6. The molecule has 0 spiro atoms. The molecule has 2 heterocycles. The summed E-state index contributed by atoms with van der Waals surface area (Å²) in [5, 5.41) is 57.1. The van der Waals surface area contributed by atoms with Crippen LogP contribution in [0.25, 0.3) is 21.9 Å². The fourth-order valence-electron chi connectivity index (χ4n) is 11.0. The zero-order chi connectivity index (χ0) is 45.7. The van der Waals surface area contributed by atoms with E-state index in [4.69, 9.17) is 28.4 Å². The second-order valence-corrected chi connectivity index (χ2v) is 18.8. The summed E-state index contributed by atoms with van der Waals surface area (Å²) in [6.07, 6.45) is 10.2. The minimum absolute atomic E-state index is 0.0355. The summed E-state index contributed by atoms with van der Waals surface area (Å²) in [5.74, 6) is 2.14. The fraction of sp³-hybridized carbons (Fsp3) is 0.491. The molecule has 5 aromatic rings. The number of aromatic hydroxyl groups is 3. The van der Waals surface area contributed by atoms with Crippen LogP contribution < -0.4 is 18.9 Å². The highest BCUT2D eigenvalue weighted by atomic mass is 16.5. The highest BCUT2D eigenvalue weighted by Gasteiger charge is 2.49. The van der Waals surface area contributed by atoms with Gasteiger partial charge in [0.05, 0.1) is 31.0 Å². The number of benzene rings is 5. The molecule has 0 saturated heterocycles. The number of aliphatic hydroxyl groups excluding tert-OH is 2. The van der Waals surface area contributed by atoms with Gasteiger partial charge >= 0.3 is 0 Å². The Hall–Kier alpha value is -5.20. The van der Waals surface area contributed by atoms with Crippen LogP contribution in [0.2, 0.25) is 0 Å². The van der Waals surface area contributed by atoms with Gasteiger partial charge < -0.3 is 54.0 Å². The van der Waals surface area contributed by atoms with E-state index in [9.17, 15) is 25.5 Å². The van der Waals surface area contributed by atoms with Gasteiger partial charge in [-0.15, -0.1) is 0 Å². The smallest absolute Gasteiger partial charge is 0.133 e. The van der Waals surface area contributed by atoms with Crippen molar-refractivity contribution in [1.82, 2.24) is 0 Å². The standard InChI is InChI=1S/C55H66O11/c1-3-33-27-43(34-12-9-13-37(57)25-34)35(28-48(33)59)24-36-26-41(64-39-16-7-8-17-39)30-45-52(60)47(32-63-53(36)45)51-49(18-10-22-61-2)66-54-42-20-19-38(58)29-44(42)50(65-40-14-5-4-6-15-40)31-46(54)55(51)62-23-11-21-56/h9,12-13,19-20,25-31,39-40,47,49,51-52,55-60H,3-8,10-11,14-18,21-24,32H2,1-2H3/t47-,49-,51-,52-,55+/m1/s1. The Morgan fingerprint density at radius 1 is 0.712 bits per heavy atom. The zero-order valence-electron chi connectivity index (χ0n) is 38.4. The SMILES string of the molecule is CCc1cc(-c2cccc(O)c2)c(Cc2cc(OC3CCCC3)cc3c2OC[C@H]([C@@H]2[C@@H](CCCOC)Oc4c(cc(OC5CCCCC5)c5cc(O)ccc45)[C@@H]2OCCCO)[C@@H]3O)cc1O. The maximum Gasteiger partial charge on any atom is 0.133 e. The molecule has 5 atom stereocenters. The van der Waals surface area contributed by atoms with Crippen molar-refractivity contribution in [1.29, 1.82) is 0 Å². The molecular weight excluding hydrogens is 837 g/mol. The first-order valence-electron chi connectivity index (χ1n) is 24.4. The Balaban J connectivity index is 1.15. The van der Waals surface area contributed by atoms with Crippen molar-refractivity contribution in [2.45, 2.75) is 127 Å². The van der Waals surface area contributed by atoms with E-state index in [0.717, 1.165) is 95.5 Å². The summed E-state index contributed by atoms with van der Waals surface area (Å²) < 4.78 is 40.1. The van der Waals surface area contributed by atoms with Gasteiger partial charge in [-0.1, -0.05) is 25.5 Å². The number of aliphatic hydroxyl groups is 2. The third-order valence-electron chi connectivity index (χ3n) is 14.3. The van der Waals surface area contributed by atoms with Crippen LogP contribution in [0.1, 0.15) is 124 Å². The molecule has 0 radical (unpaired) electrons. The first-order chi connectivity index (χ1) is 32.2. The molecule has 0 unspecified atom stereocenters. The lowest BCUT2D eigenvalue weighted by atomic mass is 9.72. The molecule has 11 heteroatoms. The molecule has 2 aliphatic carbocycles. The molecule has 0 amide bonds. The Morgan fingerprint density at radius 2 is 1.48 bits per heavy atom. The predicted molar refractivity (Wildman–Crippen MR) is 253 cm³/mol. The van der Waals surface area contributed by atoms with E-state index in [1.807, 2.05) is 55.5 Å². The van der Waals surface area contributed by atoms with Crippen molar-refractivity contribution in [3.8, 4) is 51.4 Å². The molecule has 0 bridgehead atoms. The molecule has 2 fully saturated rings. The topological polar surface area (TPSA) is 157 Å². The van der Waals surface area contributed by atoms with Crippen molar-refractivity contribution in [3.63, 3.8) is 0 Å². The van der Waals surface area contributed by atoms with Crippen LogP contribution in [0.15, 0.2) is 72.8 Å². The van der Waals surface area contributed by atoms with E-state index in [1.54, 1.807) is 31.4 Å². The van der Waals surface area contributed by atoms with Crippen LogP contribution in [-0.4, -0.2) is 77.4 Å². The third kappa shape index (κ3) is 9.77. The van der Waals surface area contributed by atoms with Crippen molar-refractivity contribution >= 4 is 10.8 Å². The van der Waals surface area contributed by atoms with Crippen molar-refractivity contribution < 1.29 is 54.0 Å². The molecule has 2 aliphatic heterocycles. The van der Waals surface area contributed by atoms with Crippen LogP contribution in [-0.2, 0) is 22.3 Å². The molecule has 11 nitrogen and oxygen atoms in total. The second kappa shape index (κ2) is 20.8. The molecule has 352 valence electrons. The largest absolute Gasteiger partial charge is 0.508 e. The number of rotatable bonds is 17. The maximum absolute atomic E-state index is 13.0. The van der Waals surface area contributed by atoms with Crippen molar-refractivity contribution in [3.05, 3.63) is 101 Å². The van der Waals surface area contributed by atoms with Gasteiger partial charge in [0.2, 0.25) is 0 Å². The quantitative estimate of drug-likeness (QED) is 0.0566. The Morgan fingerprint density at radius 3 is 2.24 bits per heavy atom. The molecule has 5 N–H and O–H groups in total. The first-order valence-corrected chi connectivity index (χ1v) is 24.4. The van der Waals surface area contributed by atoms with E-state index < -0.39 is 30.1 Å². The molecule has 66 heavy (non-hydrogen) atoms. The second-order valence-electron chi connectivity index (χ2n) is 18.8. The fourth-order valence-corrected chi connectivity index (χ4v) is 11.0. The number of phenolic OH excluding ortho intramolecular Hbond substituents is 3. The lowest BCUT2D eigenvalue weighted by Gasteiger charge is -2.46. The van der Waals surface area contributed by atoms with Gasteiger partial charge in [0.1, 0.15) is 46.4 Å². The highest BCUT2D eigenvalue weighted by molar-refractivity contribution is 5.96. The van der Waals surface area contributed by atoms with Gasteiger partial charge in [-0.05, 0) is 160 Å². The van der Waals surface area contributed by atoms with Crippen molar-refractivity contribution in [2.24, 2.45) is 11.8 Å². The van der Waals surface area contributed by atoms with Gasteiger partial charge in [0.25, 0.3) is 0 Å². The van der Waals surface area contributed by atoms with Crippen molar-refractivity contribution in [2.75, 3.05) is 33.5 Å². The normalized spacial score (nSPS) is 22.1. The Bertz CT molecular complexity index is 2450. The number of hydrogen-bond donors (Lipinski definition) is 5. The average Bonchev–Trinajstić information content (AvgIpc) is 3.83. The summed E-state index contributed by atoms with van der Waals surface area (Å²) in [6.45, 7) is 2.94. The summed E-state index contributed by atoms with van der Waals surface area (Å²) in [7, 11) is 1.69. The summed E-state index contributed by atoms with van der Waals surface area (Å²) in [6, 6.07) is 22.3. The number of hydrogen-bond acceptors (Lipinski definition) is 11. The molecule has 2 saturated carbocycles. The lowest BCUT2D eigenvalue weighted by molar-refractivity contribution is -0.113. The van der Waals surface area contributed by atoms with E-state index in [-0.39, 0.29) is 49.3 Å². The van der Waals surface area contributed by atoms with Gasteiger partial charge in [-0.25, -0.2) is 0 Å². The summed E-state index contributed by atoms with van der Waals surface area (Å²) in [4.78, 5) is 0. The zero-order valence-corrected chi connectivity index (χ0v) is 38.4. The lowest BCUT2D eigenvalue weighted by Crippen LogP contribution is -2.46. The van der Waals surface area contributed by atoms with E-state index in [0.29, 0.717) is 67.3 Å². The van der Waals surface area contributed by atoms with E-state index >= 15 is 0 Å². The number of aryl methyl sites for hydroxylation is 1. The Labute approximate surface area is 388 Å². The van der Waals surface area contributed by atoms with Crippen LogP contribution in [0.5, 0.6) is 40.2 Å². The summed E-state index contributed by atoms with van der Waals surface area (Å²) >= 11 is 0. The van der Waals surface area contributed by atoms with Crippen LogP contribution in [0.3, 0.4) is 0 Å². The van der Waals surface area contributed by atoms with Gasteiger partial charge in [-0.3, -0.25) is 0 Å². The van der Waals surface area contributed by atoms with Gasteiger partial charge in [0.15, 0.2) is 0 Å². The molecule has 9 rings (SSSR count). The average molecular weight is 903 g/mol. The van der Waals surface area contributed by atoms with Crippen LogP contribution in [0, 0.1) is 11.8 Å². The van der Waals surface area contributed by atoms with Gasteiger partial charge in [0, 0.05) is 72.6 Å². The number of fused-ring (bicyclic) bond motifs is 4. The first kappa shape index (κ1) is 45.9. The monoisotopic (exact) mass is 902 g/mol. The Kier molecular flexibility index (Phi) is 14.4. The molecule has 4 aliphatic rings. The predicted octanol–water partition coefficient (Wildman–Crippen LogP) is 10.8. The minimum Gasteiger partial charge on any atom is -0.508 e. The number of phenols is 3. The van der Waals surface area contributed by atoms with Crippen LogP contribution >= 0.6 is 0 Å². The molecular formula is C55H66O11. The van der Waals surface area contributed by atoms with Crippen LogP contribution in [0.4, 0.5) is 0 Å². The van der Waals surface area contributed by atoms with E-state index in [1.165, 1.54) is 6.42 Å². The van der Waals surface area contributed by atoms with Gasteiger partial charge in [-0.2, -0.15) is 0 Å². The third-order valence-corrected chi connectivity index (χ3v) is 14.3. The minimum atomic E-state index is -1.01. The highest BCUT2D eigenvalue weighted by Crippen LogP contribution is 2.55.